The molecule has 2 aromatic carbocycles. The number of unbranched alkanes of at least 4 members (excludes halogenated alkanes) is 2. The first-order valence-corrected chi connectivity index (χ1v) is 9.73. The van der Waals surface area contributed by atoms with Crippen LogP contribution in [0, 0.1) is 6.92 Å². The largest absolute Gasteiger partial charge is 0.455 e. The molecule has 2 aromatic rings. The lowest BCUT2D eigenvalue weighted by Gasteiger charge is -2.28. The van der Waals surface area contributed by atoms with Gasteiger partial charge in [-0.3, -0.25) is 0 Å². The second-order valence-corrected chi connectivity index (χ2v) is 7.10. The lowest BCUT2D eigenvalue weighted by atomic mass is 10.1. The van der Waals surface area contributed by atoms with E-state index in [9.17, 15) is 0 Å². The average molecular weight is 390 g/mol. The summed E-state index contributed by atoms with van der Waals surface area (Å²) in [6.45, 7) is 8.73. The number of anilines is 1. The van der Waals surface area contributed by atoms with Gasteiger partial charge in [0.15, 0.2) is 5.75 Å². The molecule has 0 aliphatic heterocycles. The van der Waals surface area contributed by atoms with Crippen LogP contribution in [-0.4, -0.2) is 13.1 Å². The van der Waals surface area contributed by atoms with Gasteiger partial charge in [-0.15, -0.1) is 0 Å². The lowest BCUT2D eigenvalue weighted by Crippen LogP contribution is -2.26. The summed E-state index contributed by atoms with van der Waals surface area (Å²) in [5.74, 6) is 1.85. The predicted molar refractivity (Wildman–Crippen MR) is 107 cm³/mol. The van der Waals surface area contributed by atoms with Crippen molar-refractivity contribution in [1.82, 2.24) is 0 Å². The highest BCUT2D eigenvalue weighted by Gasteiger charge is 2.16. The van der Waals surface area contributed by atoms with Gasteiger partial charge in [-0.1, -0.05) is 60.8 Å². The zero-order valence-electron chi connectivity index (χ0n) is 15.0. The zero-order chi connectivity index (χ0) is 17.4. The van der Waals surface area contributed by atoms with E-state index in [-0.39, 0.29) is 0 Å². The van der Waals surface area contributed by atoms with E-state index in [1.807, 2.05) is 30.3 Å². The molecular formula is C21H28BrNO. The maximum Gasteiger partial charge on any atom is 0.153 e. The van der Waals surface area contributed by atoms with Gasteiger partial charge in [0.2, 0.25) is 0 Å². The maximum absolute atomic E-state index is 6.27. The van der Waals surface area contributed by atoms with E-state index in [1.54, 1.807) is 0 Å². The van der Waals surface area contributed by atoms with Crippen LogP contribution in [0.25, 0.3) is 0 Å². The van der Waals surface area contributed by atoms with Gasteiger partial charge in [-0.25, -0.2) is 0 Å². The quantitative estimate of drug-likeness (QED) is 0.459. The summed E-state index contributed by atoms with van der Waals surface area (Å²) in [5.41, 5.74) is 2.34. The number of para-hydroxylation sites is 1. The molecule has 0 unspecified atom stereocenters. The van der Waals surface area contributed by atoms with E-state index in [4.69, 9.17) is 4.74 Å². The van der Waals surface area contributed by atoms with Crippen LogP contribution in [0.3, 0.4) is 0 Å². The van der Waals surface area contributed by atoms with Crippen molar-refractivity contribution in [2.24, 2.45) is 0 Å². The van der Waals surface area contributed by atoms with E-state index >= 15 is 0 Å². The second kappa shape index (κ2) is 9.73. The van der Waals surface area contributed by atoms with Crippen molar-refractivity contribution in [1.29, 1.82) is 0 Å². The van der Waals surface area contributed by atoms with Crippen LogP contribution >= 0.6 is 15.9 Å². The van der Waals surface area contributed by atoms with Crippen molar-refractivity contribution in [3.05, 3.63) is 52.5 Å². The summed E-state index contributed by atoms with van der Waals surface area (Å²) in [6, 6.07) is 14.4. The fourth-order valence-electron chi connectivity index (χ4n) is 2.74. The Labute approximate surface area is 155 Å². The first-order valence-electron chi connectivity index (χ1n) is 8.93. The molecular weight excluding hydrogens is 362 g/mol. The van der Waals surface area contributed by atoms with Crippen molar-refractivity contribution < 1.29 is 4.74 Å². The molecule has 24 heavy (non-hydrogen) atoms. The molecule has 0 saturated carbocycles. The normalized spacial score (nSPS) is 10.7. The van der Waals surface area contributed by atoms with Gasteiger partial charge in [0, 0.05) is 17.6 Å². The van der Waals surface area contributed by atoms with Crippen molar-refractivity contribution >= 4 is 21.6 Å². The molecule has 0 atom stereocenters. The van der Waals surface area contributed by atoms with E-state index < -0.39 is 0 Å². The molecule has 2 nitrogen and oxygen atoms in total. The van der Waals surface area contributed by atoms with Crippen LogP contribution in [0.4, 0.5) is 5.69 Å². The lowest BCUT2D eigenvalue weighted by molar-refractivity contribution is 0.476. The summed E-state index contributed by atoms with van der Waals surface area (Å²) < 4.78 is 7.38. The van der Waals surface area contributed by atoms with Gasteiger partial charge in [-0.2, -0.15) is 0 Å². The Hall–Kier alpha value is -1.48. The molecule has 0 radical (unpaired) electrons. The van der Waals surface area contributed by atoms with Crippen molar-refractivity contribution in [2.75, 3.05) is 18.0 Å². The maximum atomic E-state index is 6.27. The molecule has 0 aliphatic carbocycles. The number of hydrogen-bond donors (Lipinski definition) is 0. The van der Waals surface area contributed by atoms with Gasteiger partial charge in [0.05, 0.1) is 5.69 Å². The molecule has 3 heteroatoms. The molecule has 0 amide bonds. The average Bonchev–Trinajstić information content (AvgIpc) is 2.58. The SMILES string of the molecule is CCCCN(CCCC)c1cc(Br)cc(C)c1Oc1ccccc1. The minimum Gasteiger partial charge on any atom is -0.455 e. The van der Waals surface area contributed by atoms with Crippen molar-refractivity contribution in [3.8, 4) is 11.5 Å². The van der Waals surface area contributed by atoms with Crippen LogP contribution in [0.2, 0.25) is 0 Å². The molecule has 0 fully saturated rings. The molecule has 0 saturated heterocycles. The summed E-state index contributed by atoms with van der Waals surface area (Å²) >= 11 is 3.66. The fourth-order valence-corrected chi connectivity index (χ4v) is 3.30. The summed E-state index contributed by atoms with van der Waals surface area (Å²) in [6.07, 6.45) is 4.79. The molecule has 0 aliphatic rings. The predicted octanol–water partition coefficient (Wildman–Crippen LogP) is 6.96. The molecule has 0 spiro atoms. The van der Waals surface area contributed by atoms with Gasteiger partial charge in [0.1, 0.15) is 5.75 Å². The molecule has 2 rings (SSSR count). The van der Waals surface area contributed by atoms with Crippen LogP contribution in [0.5, 0.6) is 11.5 Å². The standard InChI is InChI=1S/C21H28BrNO/c1-4-6-13-23(14-7-5-2)20-16-18(22)15-17(3)21(20)24-19-11-9-8-10-12-19/h8-12,15-16H,4-7,13-14H2,1-3H3. The smallest absolute Gasteiger partial charge is 0.153 e. The number of nitrogens with zero attached hydrogens (tertiary/aromatic N) is 1. The van der Waals surface area contributed by atoms with Crippen LogP contribution in [-0.2, 0) is 0 Å². The van der Waals surface area contributed by atoms with Crippen LogP contribution < -0.4 is 9.64 Å². The molecule has 0 aromatic heterocycles. The van der Waals surface area contributed by atoms with Crippen molar-refractivity contribution in [3.63, 3.8) is 0 Å². The Morgan fingerprint density at radius 2 is 1.58 bits per heavy atom. The number of benzene rings is 2. The van der Waals surface area contributed by atoms with Crippen molar-refractivity contribution in [2.45, 2.75) is 46.5 Å². The highest BCUT2D eigenvalue weighted by molar-refractivity contribution is 9.10. The molecule has 130 valence electrons. The summed E-state index contributed by atoms with van der Waals surface area (Å²) in [5, 5.41) is 0. The number of aryl methyl sites for hydroxylation is 1. The minimum atomic E-state index is 0.884. The van der Waals surface area contributed by atoms with E-state index in [0.717, 1.165) is 34.6 Å². The summed E-state index contributed by atoms with van der Waals surface area (Å²) in [4.78, 5) is 2.48. The zero-order valence-corrected chi connectivity index (χ0v) is 16.6. The number of hydrogen-bond acceptors (Lipinski definition) is 2. The molecule has 0 bridgehead atoms. The third-order valence-corrected chi connectivity index (χ3v) is 4.54. The fraction of sp³-hybridized carbons (Fsp3) is 0.429. The Bertz CT molecular complexity index is 619. The summed E-state index contributed by atoms with van der Waals surface area (Å²) in [7, 11) is 0. The number of halogens is 1. The van der Waals surface area contributed by atoms with Gasteiger partial charge >= 0.3 is 0 Å². The number of rotatable bonds is 9. The minimum absolute atomic E-state index is 0.884. The van der Waals surface area contributed by atoms with Crippen LogP contribution in [0.15, 0.2) is 46.9 Å². The van der Waals surface area contributed by atoms with E-state index in [2.05, 4.69) is 53.7 Å². The Morgan fingerprint density at radius 3 is 2.17 bits per heavy atom. The number of ether oxygens (including phenoxy) is 1. The van der Waals surface area contributed by atoms with Crippen LogP contribution in [0.1, 0.15) is 45.1 Å². The third kappa shape index (κ3) is 5.27. The monoisotopic (exact) mass is 389 g/mol. The third-order valence-electron chi connectivity index (χ3n) is 4.09. The van der Waals surface area contributed by atoms with E-state index in [0.29, 0.717) is 0 Å². The van der Waals surface area contributed by atoms with E-state index in [1.165, 1.54) is 31.4 Å². The molecule has 0 N–H and O–H groups in total. The van der Waals surface area contributed by atoms with Gasteiger partial charge in [-0.05, 0) is 49.6 Å². The molecule has 0 heterocycles. The van der Waals surface area contributed by atoms with Gasteiger partial charge in [0.25, 0.3) is 0 Å². The topological polar surface area (TPSA) is 12.5 Å². The highest BCUT2D eigenvalue weighted by Crippen LogP contribution is 2.38. The Balaban J connectivity index is 2.37. The second-order valence-electron chi connectivity index (χ2n) is 6.18. The Kier molecular flexibility index (Phi) is 7.64. The first kappa shape index (κ1) is 18.9. The highest BCUT2D eigenvalue weighted by atomic mass is 79.9. The first-order chi connectivity index (χ1) is 11.7. The Morgan fingerprint density at radius 1 is 0.958 bits per heavy atom. The van der Waals surface area contributed by atoms with Gasteiger partial charge < -0.3 is 9.64 Å².